The largest absolute Gasteiger partial charge is 0.327 e. The Morgan fingerprint density at radius 2 is 1.31 bits per heavy atom. The van der Waals surface area contributed by atoms with Gasteiger partial charge in [-0.15, -0.1) is 0 Å². The summed E-state index contributed by atoms with van der Waals surface area (Å²) in [6.45, 7) is 29.1. The van der Waals surface area contributed by atoms with E-state index in [-0.39, 0.29) is 7.43 Å². The molecule has 0 spiro atoms. The highest BCUT2D eigenvalue weighted by molar-refractivity contribution is 5.32. The van der Waals surface area contributed by atoms with Gasteiger partial charge in [0.15, 0.2) is 0 Å². The van der Waals surface area contributed by atoms with Crippen LogP contribution in [0.15, 0.2) is 72.4 Å². The summed E-state index contributed by atoms with van der Waals surface area (Å²) in [7, 11) is 0. The van der Waals surface area contributed by atoms with Crippen LogP contribution in [0.2, 0.25) is 0 Å². The summed E-state index contributed by atoms with van der Waals surface area (Å²) >= 11 is 0. The summed E-state index contributed by atoms with van der Waals surface area (Å²) in [5.41, 5.74) is 8.15. The van der Waals surface area contributed by atoms with Crippen LogP contribution in [-0.2, 0) is 0 Å². The second-order valence-electron chi connectivity index (χ2n) is 5.83. The topological polar surface area (TPSA) is 26.0 Å². The summed E-state index contributed by atoms with van der Waals surface area (Å²) in [4.78, 5) is 0. The maximum atomic E-state index is 5.29. The van der Waals surface area contributed by atoms with Crippen molar-refractivity contribution in [2.45, 2.75) is 96.9 Å². The van der Waals surface area contributed by atoms with Gasteiger partial charge >= 0.3 is 0 Å². The van der Waals surface area contributed by atoms with Gasteiger partial charge in [0.25, 0.3) is 0 Å². The molecule has 0 rings (SSSR count). The zero-order valence-electron chi connectivity index (χ0n) is 21.4. The SMILES string of the molecule is C.C=C\C=C(C)/C(C)=C/C=C\C.CC.CC.CC.CCC(C)(C)C=C/C=C/CN. The van der Waals surface area contributed by atoms with Crippen LogP contribution < -0.4 is 5.73 Å². The normalized spacial score (nSPS) is 11.1. The number of hydrogen-bond acceptors (Lipinski definition) is 1. The zero-order valence-corrected chi connectivity index (χ0v) is 21.4. The highest BCUT2D eigenvalue weighted by Crippen LogP contribution is 2.20. The Morgan fingerprint density at radius 1 is 0.862 bits per heavy atom. The number of nitrogens with two attached hydrogens (primary N) is 1. The Kier molecular flexibility index (Phi) is 53.5. The first-order valence-corrected chi connectivity index (χ1v) is 11.0. The van der Waals surface area contributed by atoms with E-state index in [4.69, 9.17) is 5.73 Å². The van der Waals surface area contributed by atoms with Gasteiger partial charge in [-0.1, -0.05) is 131 Å². The maximum absolute atomic E-state index is 5.29. The first kappa shape index (κ1) is 41.7. The molecule has 0 radical (unpaired) electrons. The third kappa shape index (κ3) is 41.8. The van der Waals surface area contributed by atoms with Gasteiger partial charge in [0.05, 0.1) is 0 Å². The van der Waals surface area contributed by atoms with Gasteiger partial charge < -0.3 is 5.73 Å². The van der Waals surface area contributed by atoms with Crippen LogP contribution in [0.5, 0.6) is 0 Å². The van der Waals surface area contributed by atoms with E-state index >= 15 is 0 Å². The van der Waals surface area contributed by atoms with Gasteiger partial charge in [-0.05, 0) is 43.8 Å². The van der Waals surface area contributed by atoms with Gasteiger partial charge in [0.1, 0.15) is 0 Å². The zero-order chi connectivity index (χ0) is 23.4. The fraction of sp³-hybridized carbons (Fsp3) is 0.571. The lowest BCUT2D eigenvalue weighted by Crippen LogP contribution is -2.03. The molecular formula is C28H57N. The first-order valence-electron chi connectivity index (χ1n) is 11.0. The molecule has 0 amide bonds. The van der Waals surface area contributed by atoms with E-state index in [1.54, 1.807) is 0 Å². The van der Waals surface area contributed by atoms with Crippen molar-refractivity contribution in [1.29, 1.82) is 0 Å². The van der Waals surface area contributed by atoms with Crippen LogP contribution in [-0.4, -0.2) is 6.54 Å². The monoisotopic (exact) mass is 407 g/mol. The number of allylic oxidation sites excluding steroid dienone is 10. The summed E-state index contributed by atoms with van der Waals surface area (Å²) in [5, 5.41) is 0. The Hall–Kier alpha value is -1.60. The van der Waals surface area contributed by atoms with Crippen LogP contribution in [0.25, 0.3) is 0 Å². The minimum Gasteiger partial charge on any atom is -0.327 e. The van der Waals surface area contributed by atoms with Gasteiger partial charge in [0, 0.05) is 6.54 Å². The Balaban J connectivity index is -0.0000000703. The molecular weight excluding hydrogens is 350 g/mol. The Morgan fingerprint density at radius 3 is 1.66 bits per heavy atom. The fourth-order valence-corrected chi connectivity index (χ4v) is 1.27. The van der Waals surface area contributed by atoms with E-state index in [1.807, 2.05) is 84.9 Å². The number of rotatable bonds is 7. The first-order chi connectivity index (χ1) is 13.3. The molecule has 0 aliphatic heterocycles. The smallest absolute Gasteiger partial charge is 0.0109 e. The lowest BCUT2D eigenvalue weighted by Gasteiger charge is -2.15. The molecule has 0 saturated carbocycles. The van der Waals surface area contributed by atoms with Gasteiger partial charge in [-0.25, -0.2) is 0 Å². The molecule has 0 heterocycles. The van der Waals surface area contributed by atoms with E-state index in [2.05, 4.69) is 59.4 Å². The van der Waals surface area contributed by atoms with Crippen LogP contribution >= 0.6 is 0 Å². The second-order valence-corrected chi connectivity index (χ2v) is 5.83. The van der Waals surface area contributed by atoms with Crippen molar-refractivity contribution >= 4 is 0 Å². The van der Waals surface area contributed by atoms with Crippen molar-refractivity contribution in [2.24, 2.45) is 11.1 Å². The summed E-state index contributed by atoms with van der Waals surface area (Å²) in [5.74, 6) is 0. The molecule has 0 aromatic carbocycles. The van der Waals surface area contributed by atoms with E-state index in [1.165, 1.54) is 17.6 Å². The maximum Gasteiger partial charge on any atom is 0.0109 e. The molecule has 0 saturated heterocycles. The van der Waals surface area contributed by atoms with E-state index in [0.717, 1.165) is 0 Å². The second kappa shape index (κ2) is 37.2. The Labute approximate surface area is 187 Å². The van der Waals surface area contributed by atoms with Crippen molar-refractivity contribution in [3.05, 3.63) is 72.4 Å². The van der Waals surface area contributed by atoms with E-state index in [0.29, 0.717) is 12.0 Å². The highest BCUT2D eigenvalue weighted by atomic mass is 14.5. The fourth-order valence-electron chi connectivity index (χ4n) is 1.27. The van der Waals surface area contributed by atoms with Crippen molar-refractivity contribution in [3.8, 4) is 0 Å². The van der Waals surface area contributed by atoms with Crippen molar-refractivity contribution in [2.75, 3.05) is 6.54 Å². The third-order valence-electron chi connectivity index (χ3n) is 3.37. The molecule has 0 aliphatic rings. The van der Waals surface area contributed by atoms with Crippen molar-refractivity contribution < 1.29 is 0 Å². The Bertz CT molecular complexity index is 429. The predicted octanol–water partition coefficient (Wildman–Crippen LogP) is 9.85. The van der Waals surface area contributed by atoms with Gasteiger partial charge in [-0.3, -0.25) is 0 Å². The summed E-state index contributed by atoms with van der Waals surface area (Å²) < 4.78 is 0. The molecule has 0 aliphatic carbocycles. The molecule has 174 valence electrons. The standard InChI is InChI=1S/C11H16.C10H19N.3C2H6.CH4/c1-5-7-9-11(4)10(3)8-6-2;1-4-10(2,3)8-6-5-7-9-11;3*1-2;/h5-9H,2H2,1,3-4H3;5-8H,4,9,11H2,1-3H3;3*1-2H3;1H4/b7-5-,10-8-,11-9+;7-5+,8-6?;;;;. The minimum absolute atomic E-state index is 0. The van der Waals surface area contributed by atoms with Gasteiger partial charge in [0.2, 0.25) is 0 Å². The molecule has 0 atom stereocenters. The van der Waals surface area contributed by atoms with Crippen molar-refractivity contribution in [3.63, 3.8) is 0 Å². The molecule has 2 N–H and O–H groups in total. The quantitative estimate of drug-likeness (QED) is 0.417. The molecule has 0 aromatic heterocycles. The molecule has 0 fully saturated rings. The molecule has 1 nitrogen and oxygen atoms in total. The van der Waals surface area contributed by atoms with Crippen LogP contribution in [0.4, 0.5) is 0 Å². The third-order valence-corrected chi connectivity index (χ3v) is 3.37. The van der Waals surface area contributed by atoms with Crippen molar-refractivity contribution in [1.82, 2.24) is 0 Å². The van der Waals surface area contributed by atoms with Crippen LogP contribution in [0.3, 0.4) is 0 Å². The van der Waals surface area contributed by atoms with Crippen LogP contribution in [0, 0.1) is 5.41 Å². The number of hydrogen-bond donors (Lipinski definition) is 1. The lowest BCUT2D eigenvalue weighted by molar-refractivity contribution is 0.462. The summed E-state index contributed by atoms with van der Waals surface area (Å²) in [6, 6.07) is 0. The minimum atomic E-state index is 0. The lowest BCUT2D eigenvalue weighted by atomic mass is 9.90. The van der Waals surface area contributed by atoms with E-state index < -0.39 is 0 Å². The molecule has 1 heteroatoms. The molecule has 0 bridgehead atoms. The van der Waals surface area contributed by atoms with Crippen LogP contribution in [0.1, 0.15) is 96.9 Å². The summed E-state index contributed by atoms with van der Waals surface area (Å²) in [6.07, 6.45) is 19.3. The highest BCUT2D eigenvalue weighted by Gasteiger charge is 2.08. The molecule has 29 heavy (non-hydrogen) atoms. The average molecular weight is 408 g/mol. The van der Waals surface area contributed by atoms with Gasteiger partial charge in [-0.2, -0.15) is 0 Å². The average Bonchev–Trinajstić information content (AvgIpc) is 2.74. The molecule has 0 aromatic rings. The molecule has 0 unspecified atom stereocenters. The van der Waals surface area contributed by atoms with E-state index in [9.17, 15) is 0 Å². The predicted molar refractivity (Wildman–Crippen MR) is 145 cm³/mol.